The molecule has 1 N–H and O–H groups in total. The number of hydrogen-bond acceptors (Lipinski definition) is 6. The molecule has 0 saturated carbocycles. The molecule has 1 atom stereocenters. The van der Waals surface area contributed by atoms with Crippen LogP contribution in [0, 0.1) is 10.1 Å². The van der Waals surface area contributed by atoms with Crippen molar-refractivity contribution in [2.45, 2.75) is 50.0 Å². The van der Waals surface area contributed by atoms with E-state index in [1.165, 1.54) is 55.7 Å². The summed E-state index contributed by atoms with van der Waals surface area (Å²) in [5.41, 5.74) is 0.0251. The lowest BCUT2D eigenvalue weighted by atomic mass is 10.00. The van der Waals surface area contributed by atoms with Gasteiger partial charge in [0, 0.05) is 31.3 Å². The predicted molar refractivity (Wildman–Crippen MR) is 131 cm³/mol. The maximum Gasteiger partial charge on any atom is 0.269 e. The van der Waals surface area contributed by atoms with Crippen LogP contribution in [-0.2, 0) is 14.8 Å². The number of likely N-dealkylation sites (tertiary alicyclic amines) is 1. The molecule has 1 amide bonds. The summed E-state index contributed by atoms with van der Waals surface area (Å²) in [6.07, 6.45) is 5.58. The van der Waals surface area contributed by atoms with Gasteiger partial charge in [0.1, 0.15) is 6.54 Å². The van der Waals surface area contributed by atoms with Crippen LogP contribution in [0.15, 0.2) is 59.5 Å². The molecular weight excluding hydrogens is 456 g/mol. The molecule has 1 aliphatic heterocycles. The highest BCUT2D eigenvalue weighted by Crippen LogP contribution is 2.25. The van der Waals surface area contributed by atoms with Crippen LogP contribution < -0.4 is 9.62 Å². The SMILES string of the molecule is CCC1CCCCN1CCCNC(=O)CN(c1ccc([N+](=O)[O-])cc1)S(=O)(=O)c1ccccc1. The molecule has 9 nitrogen and oxygen atoms in total. The zero-order valence-corrected chi connectivity index (χ0v) is 20.2. The van der Waals surface area contributed by atoms with Crippen molar-refractivity contribution in [2.75, 3.05) is 30.5 Å². The van der Waals surface area contributed by atoms with Gasteiger partial charge in [0.05, 0.1) is 15.5 Å². The second-order valence-electron chi connectivity index (χ2n) is 8.40. The normalized spacial score (nSPS) is 16.7. The maximum absolute atomic E-state index is 13.3. The van der Waals surface area contributed by atoms with Gasteiger partial charge in [0.15, 0.2) is 0 Å². The molecule has 1 aliphatic rings. The number of nitro benzene ring substituents is 1. The minimum atomic E-state index is -4.05. The van der Waals surface area contributed by atoms with Gasteiger partial charge in [-0.2, -0.15) is 0 Å². The van der Waals surface area contributed by atoms with E-state index >= 15 is 0 Å². The smallest absolute Gasteiger partial charge is 0.269 e. The third-order valence-electron chi connectivity index (χ3n) is 6.13. The van der Waals surface area contributed by atoms with Crippen molar-refractivity contribution in [3.63, 3.8) is 0 Å². The van der Waals surface area contributed by atoms with E-state index < -0.39 is 27.4 Å². The average molecular weight is 489 g/mol. The van der Waals surface area contributed by atoms with Crippen LogP contribution in [0.1, 0.15) is 39.0 Å². The molecule has 2 aromatic rings. The molecule has 1 unspecified atom stereocenters. The highest BCUT2D eigenvalue weighted by atomic mass is 32.2. The molecule has 0 radical (unpaired) electrons. The summed E-state index contributed by atoms with van der Waals surface area (Å²) in [5.74, 6) is -0.427. The summed E-state index contributed by atoms with van der Waals surface area (Å²) in [5, 5.41) is 13.8. The summed E-state index contributed by atoms with van der Waals surface area (Å²) in [6.45, 7) is 4.20. The molecule has 34 heavy (non-hydrogen) atoms. The zero-order valence-electron chi connectivity index (χ0n) is 19.4. The standard InChI is InChI=1S/C24H32N4O5S/c1-2-20-9-6-7-17-26(20)18-8-16-25-24(29)19-27(21-12-14-22(15-13-21)28(30)31)34(32,33)23-10-4-3-5-11-23/h3-5,10-15,20H,2,6-9,16-19H2,1H3,(H,25,29). The third kappa shape index (κ3) is 6.54. The molecule has 1 heterocycles. The number of carbonyl (C=O) groups is 1. The number of piperidine rings is 1. The lowest BCUT2D eigenvalue weighted by molar-refractivity contribution is -0.384. The lowest BCUT2D eigenvalue weighted by Crippen LogP contribution is -2.43. The van der Waals surface area contributed by atoms with E-state index in [1.807, 2.05) is 0 Å². The van der Waals surface area contributed by atoms with Crippen molar-refractivity contribution in [1.29, 1.82) is 0 Å². The maximum atomic E-state index is 13.3. The van der Waals surface area contributed by atoms with E-state index in [2.05, 4.69) is 17.1 Å². The topological polar surface area (TPSA) is 113 Å². The largest absolute Gasteiger partial charge is 0.354 e. The van der Waals surface area contributed by atoms with Crippen LogP contribution in [0.3, 0.4) is 0 Å². The Bertz CT molecular complexity index is 1060. The van der Waals surface area contributed by atoms with Gasteiger partial charge in [-0.25, -0.2) is 8.42 Å². The Hall–Kier alpha value is -2.98. The van der Waals surface area contributed by atoms with Gasteiger partial charge >= 0.3 is 0 Å². The first-order valence-corrected chi connectivity index (χ1v) is 13.1. The lowest BCUT2D eigenvalue weighted by Gasteiger charge is -2.35. The average Bonchev–Trinajstić information content (AvgIpc) is 2.86. The van der Waals surface area contributed by atoms with Gasteiger partial charge < -0.3 is 10.2 Å². The van der Waals surface area contributed by atoms with Gasteiger partial charge in [-0.1, -0.05) is 31.5 Å². The number of benzene rings is 2. The van der Waals surface area contributed by atoms with Crippen LogP contribution in [0.2, 0.25) is 0 Å². The van der Waals surface area contributed by atoms with E-state index in [4.69, 9.17) is 0 Å². The summed E-state index contributed by atoms with van der Waals surface area (Å²) in [7, 11) is -4.05. The fourth-order valence-corrected chi connectivity index (χ4v) is 5.73. The van der Waals surface area contributed by atoms with Gasteiger partial charge in [0.25, 0.3) is 15.7 Å². The molecule has 184 valence electrons. The number of sulfonamides is 1. The molecule has 10 heteroatoms. The second-order valence-corrected chi connectivity index (χ2v) is 10.3. The number of carbonyl (C=O) groups excluding carboxylic acids is 1. The molecule has 0 aromatic heterocycles. The van der Waals surface area contributed by atoms with Crippen molar-refractivity contribution in [3.05, 3.63) is 64.7 Å². The minimum Gasteiger partial charge on any atom is -0.354 e. The van der Waals surface area contributed by atoms with E-state index in [1.54, 1.807) is 18.2 Å². The van der Waals surface area contributed by atoms with Crippen LogP contribution >= 0.6 is 0 Å². The van der Waals surface area contributed by atoms with Crippen LogP contribution in [0.5, 0.6) is 0 Å². The number of hydrogen-bond donors (Lipinski definition) is 1. The summed E-state index contributed by atoms with van der Waals surface area (Å²) >= 11 is 0. The van der Waals surface area contributed by atoms with Crippen LogP contribution in [-0.4, -0.2) is 56.4 Å². The number of amides is 1. The Labute approximate surface area is 201 Å². The van der Waals surface area contributed by atoms with E-state index in [0.717, 1.165) is 30.2 Å². The Kier molecular flexibility index (Phi) is 9.00. The first-order valence-electron chi connectivity index (χ1n) is 11.7. The summed E-state index contributed by atoms with van der Waals surface area (Å²) < 4.78 is 27.6. The van der Waals surface area contributed by atoms with Gasteiger partial charge in [-0.3, -0.25) is 19.2 Å². The van der Waals surface area contributed by atoms with E-state index in [9.17, 15) is 23.3 Å². The fourth-order valence-electron chi connectivity index (χ4n) is 4.29. The first kappa shape index (κ1) is 25.6. The molecule has 0 aliphatic carbocycles. The van der Waals surface area contributed by atoms with Crippen molar-refractivity contribution in [1.82, 2.24) is 10.2 Å². The van der Waals surface area contributed by atoms with Gasteiger partial charge in [-0.15, -0.1) is 0 Å². The predicted octanol–water partition coefficient (Wildman–Crippen LogP) is 3.56. The Balaban J connectivity index is 1.67. The summed E-state index contributed by atoms with van der Waals surface area (Å²) in [6, 6.07) is 13.5. The monoisotopic (exact) mass is 488 g/mol. The molecular formula is C24H32N4O5S. The van der Waals surface area contributed by atoms with Crippen molar-refractivity contribution in [3.8, 4) is 0 Å². The molecule has 2 aromatic carbocycles. The highest BCUT2D eigenvalue weighted by Gasteiger charge is 2.27. The van der Waals surface area contributed by atoms with Crippen molar-refractivity contribution in [2.24, 2.45) is 0 Å². The van der Waals surface area contributed by atoms with Gasteiger partial charge in [0.2, 0.25) is 5.91 Å². The van der Waals surface area contributed by atoms with Gasteiger partial charge in [-0.05, 0) is 56.5 Å². The number of nitro groups is 1. The van der Waals surface area contributed by atoms with Crippen LogP contribution in [0.25, 0.3) is 0 Å². The quantitative estimate of drug-likeness (QED) is 0.294. The van der Waals surface area contributed by atoms with E-state index in [0.29, 0.717) is 12.6 Å². The number of nitrogens with one attached hydrogen (secondary N) is 1. The first-order chi connectivity index (χ1) is 16.3. The zero-order chi connectivity index (χ0) is 24.6. The third-order valence-corrected chi connectivity index (χ3v) is 7.92. The molecule has 3 rings (SSSR count). The number of anilines is 1. The van der Waals surface area contributed by atoms with E-state index in [-0.39, 0.29) is 16.3 Å². The fraction of sp³-hybridized carbons (Fsp3) is 0.458. The molecule has 0 spiro atoms. The number of rotatable bonds is 11. The molecule has 1 saturated heterocycles. The Morgan fingerprint density at radius 2 is 1.85 bits per heavy atom. The summed E-state index contributed by atoms with van der Waals surface area (Å²) in [4.78, 5) is 25.6. The second kappa shape index (κ2) is 11.9. The minimum absolute atomic E-state index is 0.0388. The number of nitrogens with zero attached hydrogens (tertiary/aromatic N) is 3. The highest BCUT2D eigenvalue weighted by molar-refractivity contribution is 7.92. The van der Waals surface area contributed by atoms with Crippen molar-refractivity contribution >= 4 is 27.3 Å². The molecule has 0 bridgehead atoms. The molecule has 1 fully saturated rings. The van der Waals surface area contributed by atoms with Crippen molar-refractivity contribution < 1.29 is 18.1 Å². The van der Waals surface area contributed by atoms with Crippen LogP contribution in [0.4, 0.5) is 11.4 Å². The number of non-ortho nitro benzene ring substituents is 1. The Morgan fingerprint density at radius 1 is 1.15 bits per heavy atom. The Morgan fingerprint density at radius 3 is 2.50 bits per heavy atom.